The van der Waals surface area contributed by atoms with E-state index >= 15 is 0 Å². The van der Waals surface area contributed by atoms with Gasteiger partial charge in [-0.2, -0.15) is 0 Å². The van der Waals surface area contributed by atoms with Crippen LogP contribution in [0.5, 0.6) is 0 Å². The molecule has 2 amide bonds. The predicted octanol–water partition coefficient (Wildman–Crippen LogP) is 11.8. The highest BCUT2D eigenvalue weighted by atomic mass is 31.1. The lowest BCUT2D eigenvalue weighted by molar-refractivity contribution is 0.231. The fraction of sp³-hybridized carbons (Fsp3) is 0.525. The summed E-state index contributed by atoms with van der Waals surface area (Å²) in [7, 11) is -1.88. The van der Waals surface area contributed by atoms with Crippen molar-refractivity contribution in [3.8, 4) is 0 Å². The van der Waals surface area contributed by atoms with E-state index in [9.17, 15) is 4.79 Å². The van der Waals surface area contributed by atoms with Crippen molar-refractivity contribution in [3.05, 3.63) is 76.9 Å². The zero-order valence-corrected chi connectivity index (χ0v) is 32.0. The van der Waals surface area contributed by atoms with Crippen molar-refractivity contribution in [2.45, 2.75) is 125 Å². The number of carbonyl (C=O) groups excluding carboxylic acids is 1. The summed E-state index contributed by atoms with van der Waals surface area (Å²) in [6.45, 7) is 31.3. The number of urea groups is 1. The Morgan fingerprint density at radius 3 is 1.53 bits per heavy atom. The van der Waals surface area contributed by atoms with E-state index in [1.165, 1.54) is 11.1 Å². The van der Waals surface area contributed by atoms with Gasteiger partial charge in [-0.3, -0.25) is 4.52 Å². The number of carbonyl (C=O) groups is 1. The van der Waals surface area contributed by atoms with Crippen molar-refractivity contribution in [1.82, 2.24) is 5.32 Å². The summed E-state index contributed by atoms with van der Waals surface area (Å²) in [6, 6.07) is 18.0. The Balaban J connectivity index is 1.97. The maximum Gasteiger partial charge on any atom is 0.387 e. The molecule has 3 aromatic carbocycles. The minimum absolute atomic E-state index is 0.0748. The number of benzene rings is 3. The molecule has 1 atom stereocenters. The summed E-state index contributed by atoms with van der Waals surface area (Å²) in [4.78, 5) is 13.0. The number of rotatable bonds is 6. The first kappa shape index (κ1) is 36.6. The average molecular weight is 661 g/mol. The Morgan fingerprint density at radius 1 is 0.702 bits per heavy atom. The monoisotopic (exact) mass is 660 g/mol. The highest BCUT2D eigenvalue weighted by Crippen LogP contribution is 2.45. The minimum atomic E-state index is -1.88. The molecule has 0 saturated heterocycles. The molecule has 0 saturated carbocycles. The van der Waals surface area contributed by atoms with E-state index < -0.39 is 8.24 Å². The van der Waals surface area contributed by atoms with Crippen molar-refractivity contribution in [1.29, 1.82) is 0 Å². The lowest BCUT2D eigenvalue weighted by Crippen LogP contribution is -2.44. The molecule has 2 N–H and O–H groups in total. The second-order valence-electron chi connectivity index (χ2n) is 17.3. The lowest BCUT2D eigenvalue weighted by Gasteiger charge is -2.27. The molecular formula is C40H57N2O4P. The third kappa shape index (κ3) is 8.83. The molecule has 0 fully saturated rings. The molecule has 0 unspecified atom stereocenters. The molecule has 0 aliphatic rings. The molecule has 1 aromatic heterocycles. The number of para-hydroxylation sites is 1. The van der Waals surface area contributed by atoms with Crippen molar-refractivity contribution < 1.29 is 17.7 Å². The average Bonchev–Trinajstić information content (AvgIpc) is 3.09. The van der Waals surface area contributed by atoms with Gasteiger partial charge in [-0.1, -0.05) is 127 Å². The molecule has 4 aromatic rings. The quantitative estimate of drug-likeness (QED) is 0.216. The minimum Gasteiger partial charge on any atom is -0.399 e. The Morgan fingerprint density at radius 2 is 1.15 bits per heavy atom. The van der Waals surface area contributed by atoms with Crippen molar-refractivity contribution >= 4 is 41.9 Å². The zero-order valence-electron chi connectivity index (χ0n) is 31.1. The SMILES string of the molecule is CC(C)[C@@H](COp1oc2c(C(C)(C)C)cc(C(C)(C)C)cc2c2cc(C(C)(C)C)cc(C(C)(C)C)c2o1)NC(=O)Nc1ccccc1. The molecule has 256 valence electrons. The summed E-state index contributed by atoms with van der Waals surface area (Å²) in [6.07, 6.45) is 0. The van der Waals surface area contributed by atoms with Crippen LogP contribution in [0.25, 0.3) is 21.9 Å². The molecule has 0 aliphatic carbocycles. The Labute approximate surface area is 283 Å². The van der Waals surface area contributed by atoms with Gasteiger partial charge in [-0.05, 0) is 63.0 Å². The van der Waals surface area contributed by atoms with Crippen molar-refractivity contribution in [2.75, 3.05) is 11.9 Å². The van der Waals surface area contributed by atoms with Crippen molar-refractivity contribution in [2.24, 2.45) is 5.92 Å². The van der Waals surface area contributed by atoms with Gasteiger partial charge in [-0.15, -0.1) is 0 Å². The maximum atomic E-state index is 13.0. The molecule has 7 heteroatoms. The molecule has 0 aliphatic heterocycles. The van der Waals surface area contributed by atoms with E-state index in [4.69, 9.17) is 12.9 Å². The number of hydrogen-bond acceptors (Lipinski definition) is 4. The summed E-state index contributed by atoms with van der Waals surface area (Å²) >= 11 is 0. The molecule has 47 heavy (non-hydrogen) atoms. The number of anilines is 1. The van der Waals surface area contributed by atoms with Crippen LogP contribution in [0.1, 0.15) is 119 Å². The molecule has 4 rings (SSSR count). The molecule has 0 spiro atoms. The normalized spacial score (nSPS) is 13.7. The smallest absolute Gasteiger partial charge is 0.387 e. The summed E-state index contributed by atoms with van der Waals surface area (Å²) in [5.74, 6) is 0.108. The van der Waals surface area contributed by atoms with Gasteiger partial charge < -0.3 is 19.0 Å². The van der Waals surface area contributed by atoms with Crippen molar-refractivity contribution in [3.63, 3.8) is 0 Å². The Kier molecular flexibility index (Phi) is 10.4. The topological polar surface area (TPSA) is 76.6 Å². The number of amides is 2. The van der Waals surface area contributed by atoms with Gasteiger partial charge in [0.2, 0.25) is 0 Å². The van der Waals surface area contributed by atoms with Crippen LogP contribution >= 0.6 is 8.24 Å². The second kappa shape index (κ2) is 13.4. The summed E-state index contributed by atoms with van der Waals surface area (Å²) in [5, 5.41) is 8.09. The molecule has 1 heterocycles. The van der Waals surface area contributed by atoms with Gasteiger partial charge in [0, 0.05) is 27.6 Å². The fourth-order valence-electron chi connectivity index (χ4n) is 5.45. The van der Waals surface area contributed by atoms with Gasteiger partial charge in [0.25, 0.3) is 0 Å². The summed E-state index contributed by atoms with van der Waals surface area (Å²) < 4.78 is 20.3. The van der Waals surface area contributed by atoms with Gasteiger partial charge in [0.15, 0.2) is 0 Å². The van der Waals surface area contributed by atoms with E-state index in [1.54, 1.807) is 0 Å². The van der Waals surface area contributed by atoms with Crippen LogP contribution in [0, 0.1) is 5.92 Å². The zero-order chi connectivity index (χ0) is 35.1. The molecule has 0 radical (unpaired) electrons. The fourth-order valence-corrected chi connectivity index (χ4v) is 6.57. The first-order valence-corrected chi connectivity index (χ1v) is 17.9. The van der Waals surface area contributed by atoms with E-state index in [-0.39, 0.29) is 46.3 Å². The first-order chi connectivity index (χ1) is 21.6. The number of hydrogen-bond donors (Lipinski definition) is 2. The van der Waals surface area contributed by atoms with Crippen LogP contribution in [-0.2, 0) is 21.7 Å². The second-order valence-corrected chi connectivity index (χ2v) is 18.4. The standard InChI is InChI=1S/C40H57N2O4P/c1-25(2)33(42-36(43)41-28-18-16-15-17-19-28)24-44-47-45-34-29(20-26(37(3,4)5)22-31(34)39(9,10)11)30-21-27(38(6,7)8)23-32(35(30)46-47)40(12,13)14/h15-23,25,33H,24H2,1-14H3,(H2,41,42,43)/t33-/m1/s1. The van der Waals surface area contributed by atoms with E-state index in [2.05, 4.69) is 132 Å². The van der Waals surface area contributed by atoms with Crippen LogP contribution < -0.4 is 15.2 Å². The molecular weight excluding hydrogens is 603 g/mol. The van der Waals surface area contributed by atoms with Crippen LogP contribution in [0.3, 0.4) is 0 Å². The third-order valence-electron chi connectivity index (χ3n) is 8.66. The largest absolute Gasteiger partial charge is 0.399 e. The van der Waals surface area contributed by atoms with Crippen LogP contribution in [0.15, 0.2) is 63.0 Å². The predicted molar refractivity (Wildman–Crippen MR) is 200 cm³/mol. The molecule has 6 nitrogen and oxygen atoms in total. The third-order valence-corrected chi connectivity index (χ3v) is 9.68. The molecule has 0 bridgehead atoms. The number of fused-ring (bicyclic) bond motifs is 3. The van der Waals surface area contributed by atoms with Crippen LogP contribution in [0.4, 0.5) is 10.5 Å². The van der Waals surface area contributed by atoms with Gasteiger partial charge in [-0.25, -0.2) is 4.79 Å². The van der Waals surface area contributed by atoms with Crippen LogP contribution in [0.2, 0.25) is 0 Å². The van der Waals surface area contributed by atoms with E-state index in [0.29, 0.717) is 0 Å². The van der Waals surface area contributed by atoms with Gasteiger partial charge in [0.05, 0.1) is 12.6 Å². The Hall–Kier alpha value is -3.21. The Bertz CT molecular complexity index is 1670. The van der Waals surface area contributed by atoms with Gasteiger partial charge in [0.1, 0.15) is 11.2 Å². The van der Waals surface area contributed by atoms with Gasteiger partial charge >= 0.3 is 14.3 Å². The lowest BCUT2D eigenvalue weighted by atomic mass is 9.77. The number of nitrogens with one attached hydrogen (secondary N) is 2. The van der Waals surface area contributed by atoms with E-state index in [0.717, 1.165) is 38.8 Å². The van der Waals surface area contributed by atoms with E-state index in [1.807, 2.05) is 30.3 Å². The highest BCUT2D eigenvalue weighted by Gasteiger charge is 2.29. The van der Waals surface area contributed by atoms with Crippen LogP contribution in [-0.4, -0.2) is 18.7 Å². The maximum absolute atomic E-state index is 13.0. The summed E-state index contributed by atoms with van der Waals surface area (Å²) in [5.41, 5.74) is 6.50. The first-order valence-electron chi connectivity index (χ1n) is 16.9. The highest BCUT2D eigenvalue weighted by molar-refractivity contribution is 7.31.